The summed E-state index contributed by atoms with van der Waals surface area (Å²) in [5.74, 6) is -1.06. The first kappa shape index (κ1) is 29.4. The molecule has 12 heteroatoms. The van der Waals surface area contributed by atoms with Crippen LogP contribution >= 0.6 is 11.6 Å². The zero-order chi connectivity index (χ0) is 27.3. The van der Waals surface area contributed by atoms with Gasteiger partial charge in [-0.1, -0.05) is 43.6 Å². The molecule has 0 unspecified atom stereocenters. The van der Waals surface area contributed by atoms with Gasteiger partial charge in [-0.2, -0.15) is 13.2 Å². The summed E-state index contributed by atoms with van der Waals surface area (Å²) in [6.07, 6.45) is -3.91. The van der Waals surface area contributed by atoms with Crippen LogP contribution in [0.5, 0.6) is 0 Å². The standard InChI is InChI=1S/C24H29ClF3N3O4S/c1-16(2)13-29-23(33)17(3)30(14-18-8-10-20(25)11-9-18)22(32)15-31(36(4,34)35)21-7-5-6-19(12-21)24(26,27)28/h5-12,16-17H,13-15H2,1-4H3,(H,29,33)/t17-/m1/s1. The SMILES string of the molecule is CC(C)CNC(=O)[C@@H](C)N(Cc1ccc(Cl)cc1)C(=O)CN(c1cccc(C(F)(F)F)c1)S(C)(=O)=O. The molecule has 0 heterocycles. The molecular formula is C24H29ClF3N3O4S. The van der Waals surface area contributed by atoms with Crippen LogP contribution in [0, 0.1) is 5.92 Å². The van der Waals surface area contributed by atoms with E-state index in [2.05, 4.69) is 5.32 Å². The molecule has 0 aliphatic heterocycles. The van der Waals surface area contributed by atoms with Crippen LogP contribution in [0.2, 0.25) is 5.02 Å². The van der Waals surface area contributed by atoms with Gasteiger partial charge in [0.15, 0.2) is 0 Å². The molecule has 0 bridgehead atoms. The molecule has 0 radical (unpaired) electrons. The second kappa shape index (κ2) is 12.0. The second-order valence-corrected chi connectivity index (χ2v) is 11.1. The molecular weight excluding hydrogens is 519 g/mol. The molecule has 0 saturated heterocycles. The predicted octanol–water partition coefficient (Wildman–Crippen LogP) is 4.31. The van der Waals surface area contributed by atoms with Gasteiger partial charge in [-0.25, -0.2) is 8.42 Å². The maximum atomic E-state index is 13.4. The lowest BCUT2D eigenvalue weighted by atomic mass is 10.1. The summed E-state index contributed by atoms with van der Waals surface area (Å²) in [6, 6.07) is 9.24. The Bertz CT molecular complexity index is 1170. The average Bonchev–Trinajstić information content (AvgIpc) is 2.78. The molecule has 0 spiro atoms. The largest absolute Gasteiger partial charge is 0.416 e. The Labute approximate surface area is 214 Å². The summed E-state index contributed by atoms with van der Waals surface area (Å²) in [5, 5.41) is 3.21. The minimum Gasteiger partial charge on any atom is -0.354 e. The highest BCUT2D eigenvalue weighted by Gasteiger charge is 2.33. The summed E-state index contributed by atoms with van der Waals surface area (Å²) in [6.45, 7) is 4.83. The van der Waals surface area contributed by atoms with Crippen molar-refractivity contribution in [2.45, 2.75) is 39.5 Å². The topological polar surface area (TPSA) is 86.8 Å². The van der Waals surface area contributed by atoms with Gasteiger partial charge < -0.3 is 10.2 Å². The fraction of sp³-hybridized carbons (Fsp3) is 0.417. The Balaban J connectivity index is 2.41. The average molecular weight is 548 g/mol. The van der Waals surface area contributed by atoms with E-state index >= 15 is 0 Å². The minimum atomic E-state index is -4.70. The number of benzene rings is 2. The van der Waals surface area contributed by atoms with Gasteiger partial charge in [-0.05, 0) is 48.7 Å². The fourth-order valence-electron chi connectivity index (χ4n) is 3.27. The lowest BCUT2D eigenvalue weighted by Crippen LogP contribution is -2.51. The summed E-state index contributed by atoms with van der Waals surface area (Å²) in [7, 11) is -4.15. The zero-order valence-corrected chi connectivity index (χ0v) is 21.9. The molecule has 7 nitrogen and oxygen atoms in total. The summed E-state index contributed by atoms with van der Waals surface area (Å²) < 4.78 is 65.3. The Morgan fingerprint density at radius 1 is 1.06 bits per heavy atom. The van der Waals surface area contributed by atoms with E-state index in [-0.39, 0.29) is 18.2 Å². The van der Waals surface area contributed by atoms with E-state index in [0.29, 0.717) is 27.5 Å². The highest BCUT2D eigenvalue weighted by atomic mass is 35.5. The molecule has 0 aliphatic carbocycles. The first-order valence-corrected chi connectivity index (χ1v) is 13.3. The Hall–Kier alpha value is -2.79. The van der Waals surface area contributed by atoms with Gasteiger partial charge in [-0.15, -0.1) is 0 Å². The predicted molar refractivity (Wildman–Crippen MR) is 133 cm³/mol. The normalized spacial score (nSPS) is 12.8. The Kier molecular flexibility index (Phi) is 9.78. The molecule has 0 fully saturated rings. The lowest BCUT2D eigenvalue weighted by molar-refractivity contribution is -0.139. The van der Waals surface area contributed by atoms with Crippen molar-refractivity contribution in [3.8, 4) is 0 Å². The maximum Gasteiger partial charge on any atom is 0.416 e. The van der Waals surface area contributed by atoms with Gasteiger partial charge >= 0.3 is 6.18 Å². The smallest absolute Gasteiger partial charge is 0.354 e. The van der Waals surface area contributed by atoms with Gasteiger partial charge in [0.2, 0.25) is 21.8 Å². The summed E-state index contributed by atoms with van der Waals surface area (Å²) >= 11 is 5.93. The molecule has 0 aliphatic rings. The van der Waals surface area contributed by atoms with Crippen molar-refractivity contribution in [2.75, 3.05) is 23.7 Å². The number of nitrogens with one attached hydrogen (secondary N) is 1. The Morgan fingerprint density at radius 3 is 2.19 bits per heavy atom. The van der Waals surface area contributed by atoms with Crippen molar-refractivity contribution in [1.82, 2.24) is 10.2 Å². The molecule has 2 rings (SSSR count). The van der Waals surface area contributed by atoms with Crippen molar-refractivity contribution in [1.29, 1.82) is 0 Å². The van der Waals surface area contributed by atoms with E-state index in [1.54, 1.807) is 24.3 Å². The fourth-order valence-corrected chi connectivity index (χ4v) is 4.24. The number of hydrogen-bond donors (Lipinski definition) is 1. The number of nitrogens with zero attached hydrogens (tertiary/aromatic N) is 2. The molecule has 1 N–H and O–H groups in total. The van der Waals surface area contributed by atoms with Crippen molar-refractivity contribution >= 4 is 39.1 Å². The van der Waals surface area contributed by atoms with Crippen LogP contribution in [0.25, 0.3) is 0 Å². The highest BCUT2D eigenvalue weighted by molar-refractivity contribution is 7.92. The van der Waals surface area contributed by atoms with Crippen LogP contribution in [-0.4, -0.2) is 50.5 Å². The third-order valence-electron chi connectivity index (χ3n) is 5.26. The second-order valence-electron chi connectivity index (χ2n) is 8.78. The van der Waals surface area contributed by atoms with Crippen LogP contribution in [0.4, 0.5) is 18.9 Å². The summed E-state index contributed by atoms with van der Waals surface area (Å²) in [5.41, 5.74) is -0.745. The molecule has 0 aromatic heterocycles. The number of halogens is 4. The molecule has 2 amide bonds. The van der Waals surface area contributed by atoms with E-state index in [1.165, 1.54) is 17.9 Å². The van der Waals surface area contributed by atoms with Crippen molar-refractivity contribution in [3.05, 3.63) is 64.7 Å². The number of rotatable bonds is 10. The number of sulfonamides is 1. The van der Waals surface area contributed by atoms with E-state index in [9.17, 15) is 31.2 Å². The number of amides is 2. The number of carbonyl (C=O) groups excluding carboxylic acids is 2. The van der Waals surface area contributed by atoms with Gasteiger partial charge in [0.25, 0.3) is 0 Å². The first-order chi connectivity index (χ1) is 16.6. The van der Waals surface area contributed by atoms with Crippen LogP contribution in [0.3, 0.4) is 0 Å². The number of carbonyl (C=O) groups is 2. The number of alkyl halides is 3. The maximum absolute atomic E-state index is 13.4. The van der Waals surface area contributed by atoms with E-state index in [1.807, 2.05) is 13.8 Å². The third-order valence-corrected chi connectivity index (χ3v) is 6.65. The van der Waals surface area contributed by atoms with Crippen LogP contribution in [0.15, 0.2) is 48.5 Å². The Morgan fingerprint density at radius 2 is 1.67 bits per heavy atom. The van der Waals surface area contributed by atoms with Gasteiger partial charge in [0, 0.05) is 18.1 Å². The first-order valence-electron chi connectivity index (χ1n) is 11.1. The van der Waals surface area contributed by atoms with Crippen LogP contribution in [0.1, 0.15) is 31.9 Å². The quantitative estimate of drug-likeness (QED) is 0.480. The van der Waals surface area contributed by atoms with Gasteiger partial charge in [0.1, 0.15) is 12.6 Å². The van der Waals surface area contributed by atoms with Gasteiger partial charge in [-0.3, -0.25) is 13.9 Å². The molecule has 1 atom stereocenters. The third kappa shape index (κ3) is 8.41. The monoisotopic (exact) mass is 547 g/mol. The molecule has 2 aromatic rings. The zero-order valence-electron chi connectivity index (χ0n) is 20.3. The molecule has 2 aromatic carbocycles. The van der Waals surface area contributed by atoms with E-state index in [4.69, 9.17) is 11.6 Å². The highest BCUT2D eigenvalue weighted by Crippen LogP contribution is 2.32. The van der Waals surface area contributed by atoms with Gasteiger partial charge in [0.05, 0.1) is 17.5 Å². The molecule has 0 saturated carbocycles. The van der Waals surface area contributed by atoms with Crippen molar-refractivity contribution in [3.63, 3.8) is 0 Å². The molecule has 36 heavy (non-hydrogen) atoms. The van der Waals surface area contributed by atoms with Crippen molar-refractivity contribution in [2.24, 2.45) is 5.92 Å². The van der Waals surface area contributed by atoms with Crippen LogP contribution in [-0.2, 0) is 32.3 Å². The van der Waals surface area contributed by atoms with Crippen LogP contribution < -0.4 is 9.62 Å². The lowest BCUT2D eigenvalue weighted by Gasteiger charge is -2.31. The van der Waals surface area contributed by atoms with E-state index < -0.39 is 46.2 Å². The van der Waals surface area contributed by atoms with Crippen molar-refractivity contribution < 1.29 is 31.2 Å². The molecule has 198 valence electrons. The minimum absolute atomic E-state index is 0.0491. The number of hydrogen-bond acceptors (Lipinski definition) is 4. The number of anilines is 1. The summed E-state index contributed by atoms with van der Waals surface area (Å²) in [4.78, 5) is 27.3. The van der Waals surface area contributed by atoms with E-state index in [0.717, 1.165) is 18.4 Å².